The molecule has 2 aliphatic rings. The lowest BCUT2D eigenvalue weighted by atomic mass is 9.73. The zero-order valence-corrected chi connectivity index (χ0v) is 40.3. The van der Waals surface area contributed by atoms with Gasteiger partial charge in [0.1, 0.15) is 22.7 Å². The van der Waals surface area contributed by atoms with Gasteiger partial charge in [0, 0.05) is 44.3 Å². The molecule has 14 aromatic rings. The Balaban J connectivity index is 0.839. The molecule has 0 radical (unpaired) electrons. The normalized spacial score (nSPS) is 13.6. The summed E-state index contributed by atoms with van der Waals surface area (Å²) in [6.45, 7) is 0. The third kappa shape index (κ3) is 6.33. The van der Waals surface area contributed by atoms with Crippen molar-refractivity contribution >= 4 is 65.3 Å². The highest BCUT2D eigenvalue weighted by Crippen LogP contribution is 2.55. The predicted octanol–water partition coefficient (Wildman–Crippen LogP) is 19.0. The van der Waals surface area contributed by atoms with E-state index in [4.69, 9.17) is 9.15 Å². The average Bonchev–Trinajstić information content (AvgIpc) is 4.02. The van der Waals surface area contributed by atoms with Gasteiger partial charge in [-0.15, -0.1) is 0 Å². The van der Waals surface area contributed by atoms with Gasteiger partial charge in [-0.25, -0.2) is 0 Å². The molecule has 0 bridgehead atoms. The number of furan rings is 1. The summed E-state index contributed by atoms with van der Waals surface area (Å²) < 4.78 is 15.9. The van der Waals surface area contributed by atoms with Gasteiger partial charge in [-0.1, -0.05) is 164 Å². The van der Waals surface area contributed by atoms with E-state index in [9.17, 15) is 0 Å². The molecule has 0 spiro atoms. The molecule has 12 aromatic carbocycles. The number of hydrogen-bond acceptors (Lipinski definition) is 2. The van der Waals surface area contributed by atoms with Crippen molar-refractivity contribution in [3.05, 3.63) is 270 Å². The van der Waals surface area contributed by atoms with Crippen LogP contribution in [-0.2, 0) is 12.8 Å². The Morgan fingerprint density at radius 1 is 0.405 bits per heavy atom. The molecule has 0 saturated heterocycles. The highest BCUT2D eigenvalue weighted by molar-refractivity contribution is 6.16. The fourth-order valence-electron chi connectivity index (χ4n) is 12.8. The van der Waals surface area contributed by atoms with Crippen molar-refractivity contribution in [3.63, 3.8) is 0 Å². The van der Waals surface area contributed by atoms with Crippen LogP contribution in [0.3, 0.4) is 0 Å². The molecular weight excluding hydrogens is 899 g/mol. The highest BCUT2D eigenvalue weighted by atomic mass is 16.5. The zero-order chi connectivity index (χ0) is 48.4. The van der Waals surface area contributed by atoms with E-state index < -0.39 is 0 Å². The molecule has 3 heteroatoms. The van der Waals surface area contributed by atoms with Gasteiger partial charge in [-0.05, 0) is 174 Å². The van der Waals surface area contributed by atoms with Crippen LogP contribution in [0.15, 0.2) is 247 Å². The summed E-state index contributed by atoms with van der Waals surface area (Å²) in [6, 6.07) is 89.1. The number of fused-ring (bicyclic) bond motifs is 13. The first kappa shape index (κ1) is 41.2. The lowest BCUT2D eigenvalue weighted by Gasteiger charge is -2.35. The first-order chi connectivity index (χ1) is 36.6. The van der Waals surface area contributed by atoms with Crippen LogP contribution in [0.5, 0.6) is 11.5 Å². The van der Waals surface area contributed by atoms with Crippen molar-refractivity contribution in [1.82, 2.24) is 4.57 Å². The smallest absolute Gasteiger partial charge is 0.136 e. The summed E-state index contributed by atoms with van der Waals surface area (Å²) in [6.07, 6.45) is 1.86. The van der Waals surface area contributed by atoms with E-state index in [-0.39, 0.29) is 5.92 Å². The highest BCUT2D eigenvalue weighted by Gasteiger charge is 2.35. The minimum absolute atomic E-state index is 0.242. The topological polar surface area (TPSA) is 27.3 Å². The predicted molar refractivity (Wildman–Crippen MR) is 306 cm³/mol. The van der Waals surface area contributed by atoms with E-state index in [0.29, 0.717) is 0 Å². The number of ether oxygens (including phenoxy) is 1. The van der Waals surface area contributed by atoms with Gasteiger partial charge < -0.3 is 13.7 Å². The lowest BCUT2D eigenvalue weighted by molar-refractivity contribution is 0.444. The van der Waals surface area contributed by atoms with E-state index in [1.807, 2.05) is 0 Å². The maximum Gasteiger partial charge on any atom is 0.136 e. The van der Waals surface area contributed by atoms with E-state index in [1.54, 1.807) is 0 Å². The average molecular weight is 944 g/mol. The Kier molecular flexibility index (Phi) is 8.93. The Bertz CT molecular complexity index is 4630. The standard InChI is InChI=1S/C71H45NO2/c1-3-14-43(15-4-1)34-50-35-49-27-26-44(36-58(49)56-21-10-9-20-54(50)56)45-28-31-64-59(37-45)60-38-46(29-32-65(60)72(64)52-17-5-2-6-18-52)47-30-33-67-63(39-47)70-55(23-13-25-68(70)73-67)51-41-61-53-19-8-7-16-48(53)40-62-57-22-11-12-24-66(57)74-69(42-51)71(61)62/h1-33,35-39,41-42,62H,34,40H2. The van der Waals surface area contributed by atoms with Crippen molar-refractivity contribution in [2.45, 2.75) is 18.8 Å². The zero-order valence-electron chi connectivity index (χ0n) is 40.3. The number of rotatable bonds is 6. The monoisotopic (exact) mass is 943 g/mol. The molecule has 2 aromatic heterocycles. The Hall–Kier alpha value is -9.44. The van der Waals surface area contributed by atoms with Crippen LogP contribution in [-0.4, -0.2) is 4.57 Å². The van der Waals surface area contributed by atoms with Crippen LogP contribution in [0.1, 0.15) is 33.7 Å². The second-order valence-corrected chi connectivity index (χ2v) is 20.3. The first-order valence-electron chi connectivity index (χ1n) is 25.8. The number of benzene rings is 12. The van der Waals surface area contributed by atoms with E-state index in [0.717, 1.165) is 74.2 Å². The summed E-state index contributed by atoms with van der Waals surface area (Å²) in [5, 5.41) is 9.75. The minimum Gasteiger partial charge on any atom is -0.457 e. The molecule has 3 nitrogen and oxygen atoms in total. The van der Waals surface area contributed by atoms with Crippen molar-refractivity contribution < 1.29 is 9.15 Å². The summed E-state index contributed by atoms with van der Waals surface area (Å²) in [5.74, 6) is 2.13. The molecule has 0 fully saturated rings. The van der Waals surface area contributed by atoms with Gasteiger partial charge in [0.2, 0.25) is 0 Å². The van der Waals surface area contributed by atoms with Crippen LogP contribution < -0.4 is 4.74 Å². The Labute approximate surface area is 427 Å². The summed E-state index contributed by atoms with van der Waals surface area (Å²) in [4.78, 5) is 0. The molecule has 0 N–H and O–H groups in total. The van der Waals surface area contributed by atoms with Gasteiger partial charge in [-0.3, -0.25) is 0 Å². The summed E-state index contributed by atoms with van der Waals surface area (Å²) in [7, 11) is 0. The van der Waals surface area contributed by atoms with Gasteiger partial charge in [0.05, 0.1) is 11.0 Å². The third-order valence-corrected chi connectivity index (χ3v) is 16.2. The van der Waals surface area contributed by atoms with Crippen LogP contribution in [0.4, 0.5) is 0 Å². The third-order valence-electron chi connectivity index (χ3n) is 16.2. The largest absolute Gasteiger partial charge is 0.457 e. The second-order valence-electron chi connectivity index (χ2n) is 20.3. The van der Waals surface area contributed by atoms with E-state index >= 15 is 0 Å². The van der Waals surface area contributed by atoms with E-state index in [1.165, 1.54) is 93.4 Å². The fourth-order valence-corrected chi connectivity index (χ4v) is 12.8. The van der Waals surface area contributed by atoms with E-state index in [2.05, 4.69) is 247 Å². The molecule has 346 valence electrons. The van der Waals surface area contributed by atoms with Crippen LogP contribution in [0, 0.1) is 0 Å². The van der Waals surface area contributed by atoms with Crippen molar-refractivity contribution in [2.24, 2.45) is 0 Å². The molecule has 74 heavy (non-hydrogen) atoms. The lowest BCUT2D eigenvalue weighted by Crippen LogP contribution is -2.18. The van der Waals surface area contributed by atoms with Crippen LogP contribution in [0.2, 0.25) is 0 Å². The molecule has 1 aliphatic heterocycles. The minimum atomic E-state index is 0.242. The first-order valence-corrected chi connectivity index (χ1v) is 25.8. The van der Waals surface area contributed by atoms with Gasteiger partial charge in [0.25, 0.3) is 0 Å². The number of hydrogen-bond donors (Lipinski definition) is 0. The molecule has 16 rings (SSSR count). The maximum atomic E-state index is 6.82. The summed E-state index contributed by atoms with van der Waals surface area (Å²) >= 11 is 0. The molecular formula is C71H45NO2. The van der Waals surface area contributed by atoms with Gasteiger partial charge >= 0.3 is 0 Å². The quantitative estimate of drug-likeness (QED) is 0.155. The molecule has 1 aliphatic carbocycles. The molecule has 1 unspecified atom stereocenters. The Morgan fingerprint density at radius 2 is 1.05 bits per heavy atom. The van der Waals surface area contributed by atoms with Gasteiger partial charge in [-0.2, -0.15) is 0 Å². The van der Waals surface area contributed by atoms with Crippen LogP contribution >= 0.6 is 0 Å². The van der Waals surface area contributed by atoms with Crippen molar-refractivity contribution in [2.75, 3.05) is 0 Å². The molecule has 1 atom stereocenters. The molecule has 0 amide bonds. The SMILES string of the molecule is c1ccc(Cc2cc3ccc(-c4ccc5c(c4)c4cc(-c6ccc7oc8cccc(-c9cc%10c%11c(c9)-c9ccccc9CC%11c9ccccc9O%10)c8c7c6)ccc4n5-c4ccccc4)cc3c3ccccc23)cc1. The van der Waals surface area contributed by atoms with Crippen molar-refractivity contribution in [1.29, 1.82) is 0 Å². The fraction of sp³-hybridized carbons (Fsp3) is 0.0423. The van der Waals surface area contributed by atoms with Crippen molar-refractivity contribution in [3.8, 4) is 61.7 Å². The number of para-hydroxylation sites is 2. The number of nitrogens with zero attached hydrogens (tertiary/aromatic N) is 1. The molecule has 0 saturated carbocycles. The molecule has 3 heterocycles. The summed E-state index contributed by atoms with van der Waals surface area (Å²) in [5.41, 5.74) is 21.3. The number of aromatic nitrogens is 1. The second kappa shape index (κ2) is 16.0. The van der Waals surface area contributed by atoms with Gasteiger partial charge in [0.15, 0.2) is 0 Å². The van der Waals surface area contributed by atoms with Crippen LogP contribution in [0.25, 0.3) is 115 Å². The maximum absolute atomic E-state index is 6.82. The Morgan fingerprint density at radius 3 is 1.86 bits per heavy atom.